The predicted molar refractivity (Wildman–Crippen MR) is 100 cm³/mol. The van der Waals surface area contributed by atoms with Crippen molar-refractivity contribution in [1.29, 1.82) is 0 Å². The molecule has 138 valence electrons. The van der Waals surface area contributed by atoms with E-state index in [1.54, 1.807) is 28.4 Å². The van der Waals surface area contributed by atoms with Crippen LogP contribution in [0.15, 0.2) is 41.8 Å². The summed E-state index contributed by atoms with van der Waals surface area (Å²) in [6.07, 6.45) is 2.72. The van der Waals surface area contributed by atoms with Gasteiger partial charge < -0.3 is 10.2 Å². The maximum Gasteiger partial charge on any atom is 0.227 e. The molecule has 0 aliphatic carbocycles. The third-order valence-electron chi connectivity index (χ3n) is 4.66. The van der Waals surface area contributed by atoms with Crippen LogP contribution in [0.4, 0.5) is 4.39 Å². The van der Waals surface area contributed by atoms with Crippen molar-refractivity contribution in [2.24, 2.45) is 5.92 Å². The number of halogens is 1. The van der Waals surface area contributed by atoms with E-state index in [0.717, 1.165) is 24.8 Å². The Balaban J connectivity index is 1.47. The molecule has 1 atom stereocenters. The van der Waals surface area contributed by atoms with E-state index in [9.17, 15) is 14.0 Å². The van der Waals surface area contributed by atoms with E-state index in [4.69, 9.17) is 0 Å². The minimum Gasteiger partial charge on any atom is -0.355 e. The first-order valence-corrected chi connectivity index (χ1v) is 9.82. The molecule has 1 unspecified atom stereocenters. The Hall–Kier alpha value is -2.21. The monoisotopic (exact) mass is 374 g/mol. The van der Waals surface area contributed by atoms with Gasteiger partial charge in [-0.1, -0.05) is 18.2 Å². The Bertz CT molecular complexity index is 731. The average molecular weight is 374 g/mol. The van der Waals surface area contributed by atoms with E-state index < -0.39 is 0 Å². The molecule has 26 heavy (non-hydrogen) atoms. The average Bonchev–Trinajstić information content (AvgIpc) is 3.17. The van der Waals surface area contributed by atoms with Gasteiger partial charge >= 0.3 is 0 Å². The lowest BCUT2D eigenvalue weighted by Crippen LogP contribution is -2.46. The Morgan fingerprint density at radius 1 is 1.23 bits per heavy atom. The first kappa shape index (κ1) is 18.6. The van der Waals surface area contributed by atoms with Crippen molar-refractivity contribution >= 4 is 23.2 Å². The van der Waals surface area contributed by atoms with E-state index >= 15 is 0 Å². The quantitative estimate of drug-likeness (QED) is 0.845. The first-order chi connectivity index (χ1) is 12.6. The molecule has 6 heteroatoms. The highest BCUT2D eigenvalue weighted by Gasteiger charge is 2.28. The first-order valence-electron chi connectivity index (χ1n) is 8.94. The molecule has 2 heterocycles. The maximum atomic E-state index is 13.0. The number of piperidine rings is 1. The summed E-state index contributed by atoms with van der Waals surface area (Å²) in [7, 11) is 0. The molecule has 2 aromatic rings. The molecule has 1 saturated heterocycles. The molecule has 1 aromatic heterocycles. The van der Waals surface area contributed by atoms with Crippen molar-refractivity contribution in [3.8, 4) is 0 Å². The number of thiophene rings is 1. The zero-order valence-electron chi connectivity index (χ0n) is 14.6. The molecule has 1 aromatic carbocycles. The third-order valence-corrected chi connectivity index (χ3v) is 5.60. The minimum atomic E-state index is -0.307. The normalized spacial score (nSPS) is 17.1. The van der Waals surface area contributed by atoms with Gasteiger partial charge in [0.05, 0.1) is 12.3 Å². The van der Waals surface area contributed by atoms with Crippen LogP contribution in [0.2, 0.25) is 0 Å². The van der Waals surface area contributed by atoms with Gasteiger partial charge in [0.25, 0.3) is 0 Å². The van der Waals surface area contributed by atoms with Crippen molar-refractivity contribution in [3.05, 3.63) is 58.0 Å². The summed E-state index contributed by atoms with van der Waals surface area (Å²) in [4.78, 5) is 27.9. The van der Waals surface area contributed by atoms with E-state index in [0.29, 0.717) is 19.6 Å². The number of carbonyl (C=O) groups excluding carboxylic acids is 2. The molecule has 1 N–H and O–H groups in total. The van der Waals surface area contributed by atoms with Crippen LogP contribution in [0.1, 0.15) is 23.3 Å². The van der Waals surface area contributed by atoms with Crippen LogP contribution < -0.4 is 5.32 Å². The molecule has 0 bridgehead atoms. The molecule has 1 aliphatic rings. The number of amides is 2. The van der Waals surface area contributed by atoms with E-state index in [1.807, 2.05) is 11.4 Å². The lowest BCUT2D eigenvalue weighted by Gasteiger charge is -2.32. The van der Waals surface area contributed by atoms with Crippen molar-refractivity contribution in [2.45, 2.75) is 25.7 Å². The fourth-order valence-corrected chi connectivity index (χ4v) is 3.92. The molecule has 2 amide bonds. The Labute approximate surface area is 157 Å². The second kappa shape index (κ2) is 8.94. The van der Waals surface area contributed by atoms with E-state index in [-0.39, 0.29) is 30.0 Å². The second-order valence-electron chi connectivity index (χ2n) is 6.60. The zero-order chi connectivity index (χ0) is 18.4. The second-order valence-corrected chi connectivity index (χ2v) is 7.63. The summed E-state index contributed by atoms with van der Waals surface area (Å²) in [6, 6.07) is 10.1. The molecule has 0 saturated carbocycles. The third kappa shape index (κ3) is 5.14. The van der Waals surface area contributed by atoms with Gasteiger partial charge in [0.15, 0.2) is 0 Å². The van der Waals surface area contributed by atoms with Crippen LogP contribution in [0, 0.1) is 11.7 Å². The largest absolute Gasteiger partial charge is 0.355 e. The van der Waals surface area contributed by atoms with Crippen LogP contribution in [0.3, 0.4) is 0 Å². The smallest absolute Gasteiger partial charge is 0.227 e. The molecular weight excluding hydrogens is 351 g/mol. The van der Waals surface area contributed by atoms with Crippen LogP contribution in [0.25, 0.3) is 0 Å². The number of nitrogens with one attached hydrogen (secondary N) is 1. The van der Waals surface area contributed by atoms with Crippen molar-refractivity contribution < 1.29 is 14.0 Å². The summed E-state index contributed by atoms with van der Waals surface area (Å²) in [5, 5.41) is 5.02. The molecule has 1 aliphatic heterocycles. The van der Waals surface area contributed by atoms with Gasteiger partial charge in [-0.3, -0.25) is 9.59 Å². The number of carbonyl (C=O) groups is 2. The lowest BCUT2D eigenvalue weighted by atomic mass is 9.96. The molecular formula is C20H23FN2O2S. The number of nitrogens with zero attached hydrogens (tertiary/aromatic N) is 1. The summed E-state index contributed by atoms with van der Waals surface area (Å²) in [5.74, 6) is -0.434. The SMILES string of the molecule is O=C(NCCc1cccs1)C1CCCN(C(=O)Cc2ccc(F)cc2)C1. The Morgan fingerprint density at radius 2 is 2.04 bits per heavy atom. The minimum absolute atomic E-state index is 0.00677. The Morgan fingerprint density at radius 3 is 2.77 bits per heavy atom. The van der Waals surface area contributed by atoms with Crippen LogP contribution in [0.5, 0.6) is 0 Å². The predicted octanol–water partition coefficient (Wildman–Crippen LogP) is 3.03. The van der Waals surface area contributed by atoms with Crippen LogP contribution in [-0.2, 0) is 22.4 Å². The summed E-state index contributed by atoms with van der Waals surface area (Å²) >= 11 is 1.69. The topological polar surface area (TPSA) is 49.4 Å². The molecule has 3 rings (SSSR count). The Kier molecular flexibility index (Phi) is 6.39. The number of hydrogen-bond donors (Lipinski definition) is 1. The highest BCUT2D eigenvalue weighted by atomic mass is 32.1. The summed E-state index contributed by atoms with van der Waals surface area (Å²) in [6.45, 7) is 1.77. The number of rotatable bonds is 6. The number of hydrogen-bond acceptors (Lipinski definition) is 3. The summed E-state index contributed by atoms with van der Waals surface area (Å²) in [5.41, 5.74) is 0.791. The van der Waals surface area contributed by atoms with Crippen molar-refractivity contribution in [2.75, 3.05) is 19.6 Å². The maximum absolute atomic E-state index is 13.0. The van der Waals surface area contributed by atoms with Crippen molar-refractivity contribution in [3.63, 3.8) is 0 Å². The van der Waals surface area contributed by atoms with E-state index in [2.05, 4.69) is 11.4 Å². The standard InChI is InChI=1S/C20H23FN2O2S/c21-17-7-5-15(6-8-17)13-19(24)23-11-1-3-16(14-23)20(25)22-10-9-18-4-2-12-26-18/h2,4-8,12,16H,1,3,9-11,13-14H2,(H,22,25). The highest BCUT2D eigenvalue weighted by Crippen LogP contribution is 2.18. The number of likely N-dealkylation sites (tertiary alicyclic amines) is 1. The summed E-state index contributed by atoms with van der Waals surface area (Å²) < 4.78 is 13.0. The zero-order valence-corrected chi connectivity index (χ0v) is 15.4. The fraction of sp³-hybridized carbons (Fsp3) is 0.400. The van der Waals surface area contributed by atoms with Gasteiger partial charge in [-0.15, -0.1) is 11.3 Å². The van der Waals surface area contributed by atoms with Gasteiger partial charge in [0.2, 0.25) is 11.8 Å². The number of benzene rings is 1. The van der Waals surface area contributed by atoms with Gasteiger partial charge in [-0.05, 0) is 48.4 Å². The van der Waals surface area contributed by atoms with Crippen LogP contribution in [-0.4, -0.2) is 36.3 Å². The highest BCUT2D eigenvalue weighted by molar-refractivity contribution is 7.09. The van der Waals surface area contributed by atoms with Gasteiger partial charge in [-0.2, -0.15) is 0 Å². The van der Waals surface area contributed by atoms with Crippen LogP contribution >= 0.6 is 11.3 Å². The van der Waals surface area contributed by atoms with Gasteiger partial charge in [-0.25, -0.2) is 4.39 Å². The molecule has 0 radical (unpaired) electrons. The van der Waals surface area contributed by atoms with Crippen molar-refractivity contribution in [1.82, 2.24) is 10.2 Å². The fourth-order valence-electron chi connectivity index (χ4n) is 3.21. The van der Waals surface area contributed by atoms with Gasteiger partial charge in [0, 0.05) is 24.5 Å². The molecule has 0 spiro atoms. The lowest BCUT2D eigenvalue weighted by molar-refractivity contribution is -0.135. The molecule has 1 fully saturated rings. The van der Waals surface area contributed by atoms with E-state index in [1.165, 1.54) is 17.0 Å². The van der Waals surface area contributed by atoms with Gasteiger partial charge in [0.1, 0.15) is 5.82 Å². The molecule has 4 nitrogen and oxygen atoms in total.